The molecule has 7 heteroatoms. The van der Waals surface area contributed by atoms with Crippen LogP contribution in [-0.4, -0.2) is 47.5 Å². The summed E-state index contributed by atoms with van der Waals surface area (Å²) in [6.07, 6.45) is 4.42. The zero-order valence-electron chi connectivity index (χ0n) is 22.6. The zero-order valence-corrected chi connectivity index (χ0v) is 22.6. The van der Waals surface area contributed by atoms with Crippen LogP contribution in [0.15, 0.2) is 30.8 Å². The standard InChI is InChI=1S/C28H45N3O4/c1-9-12-13-17-29-25(32)24(22-16-14-15-21(10-2)19-22)31(11-3)26(33)23(18-20(4)5)30-27(34)35-28(6,7)8/h10,14-16,19-20,23-24H,2,9,11-13,17-18H2,1,3-8H3,(H,29,32)(H,30,34). The van der Waals surface area contributed by atoms with Crippen molar-refractivity contribution in [1.29, 1.82) is 0 Å². The highest BCUT2D eigenvalue weighted by atomic mass is 16.6. The summed E-state index contributed by atoms with van der Waals surface area (Å²) in [5, 5.41) is 5.75. The van der Waals surface area contributed by atoms with E-state index in [4.69, 9.17) is 4.74 Å². The summed E-state index contributed by atoms with van der Waals surface area (Å²) < 4.78 is 5.40. The lowest BCUT2D eigenvalue weighted by molar-refractivity contribution is -0.142. The van der Waals surface area contributed by atoms with Crippen LogP contribution in [0.2, 0.25) is 0 Å². The minimum absolute atomic E-state index is 0.142. The van der Waals surface area contributed by atoms with Gasteiger partial charge in [0.25, 0.3) is 0 Å². The van der Waals surface area contributed by atoms with Gasteiger partial charge in [-0.3, -0.25) is 9.59 Å². The van der Waals surface area contributed by atoms with E-state index in [0.29, 0.717) is 25.1 Å². The lowest BCUT2D eigenvalue weighted by atomic mass is 9.98. The van der Waals surface area contributed by atoms with E-state index in [1.54, 1.807) is 31.7 Å². The van der Waals surface area contributed by atoms with E-state index in [0.717, 1.165) is 24.8 Å². The van der Waals surface area contributed by atoms with Crippen LogP contribution in [-0.2, 0) is 14.3 Å². The first-order chi connectivity index (χ1) is 16.4. The monoisotopic (exact) mass is 487 g/mol. The molecular weight excluding hydrogens is 442 g/mol. The van der Waals surface area contributed by atoms with Crippen LogP contribution in [0.1, 0.15) is 91.3 Å². The number of amides is 3. The van der Waals surface area contributed by atoms with E-state index < -0.39 is 23.8 Å². The molecule has 0 aromatic heterocycles. The quantitative estimate of drug-likeness (QED) is 0.361. The molecular formula is C28H45N3O4. The highest BCUT2D eigenvalue weighted by molar-refractivity contribution is 5.92. The van der Waals surface area contributed by atoms with Crippen molar-refractivity contribution in [2.24, 2.45) is 5.92 Å². The summed E-state index contributed by atoms with van der Waals surface area (Å²) in [6, 6.07) is 5.82. The van der Waals surface area contributed by atoms with Gasteiger partial charge in [-0.05, 0) is 63.6 Å². The smallest absolute Gasteiger partial charge is 0.408 e. The van der Waals surface area contributed by atoms with Gasteiger partial charge in [0.2, 0.25) is 11.8 Å². The molecule has 2 unspecified atom stereocenters. The first-order valence-electron chi connectivity index (χ1n) is 12.7. The molecule has 0 saturated carbocycles. The number of unbranched alkanes of at least 4 members (excludes halogenated alkanes) is 2. The number of rotatable bonds is 13. The van der Waals surface area contributed by atoms with Crippen molar-refractivity contribution in [3.05, 3.63) is 42.0 Å². The molecule has 196 valence electrons. The highest BCUT2D eigenvalue weighted by Crippen LogP contribution is 2.25. The van der Waals surface area contributed by atoms with Gasteiger partial charge in [-0.1, -0.05) is 64.5 Å². The van der Waals surface area contributed by atoms with E-state index in [2.05, 4.69) is 24.1 Å². The number of alkyl carbamates (subject to hydrolysis) is 1. The Hall–Kier alpha value is -2.83. The molecule has 2 atom stereocenters. The Morgan fingerprint density at radius 2 is 1.83 bits per heavy atom. The lowest BCUT2D eigenvalue weighted by Gasteiger charge is -2.34. The van der Waals surface area contributed by atoms with Gasteiger partial charge in [0, 0.05) is 13.1 Å². The summed E-state index contributed by atoms with van der Waals surface area (Å²) in [6.45, 7) is 17.9. The summed E-state index contributed by atoms with van der Waals surface area (Å²) in [5.74, 6) is -0.411. The van der Waals surface area contributed by atoms with Crippen molar-refractivity contribution in [2.75, 3.05) is 13.1 Å². The number of benzene rings is 1. The summed E-state index contributed by atoms with van der Waals surface area (Å²) in [5.41, 5.74) is 0.873. The number of carbonyl (C=O) groups excluding carboxylic acids is 3. The number of ether oxygens (including phenoxy) is 1. The first-order valence-corrected chi connectivity index (χ1v) is 12.7. The van der Waals surface area contributed by atoms with Crippen molar-refractivity contribution in [3.63, 3.8) is 0 Å². The topological polar surface area (TPSA) is 87.7 Å². The minimum atomic E-state index is -0.830. The second kappa shape index (κ2) is 14.5. The van der Waals surface area contributed by atoms with Crippen LogP contribution in [0.25, 0.3) is 6.08 Å². The molecule has 35 heavy (non-hydrogen) atoms. The van der Waals surface area contributed by atoms with Crippen LogP contribution in [0.5, 0.6) is 0 Å². The Labute approximate surface area is 211 Å². The third kappa shape index (κ3) is 10.5. The Morgan fingerprint density at radius 3 is 2.37 bits per heavy atom. The van der Waals surface area contributed by atoms with E-state index in [1.165, 1.54) is 0 Å². The average Bonchev–Trinajstić information content (AvgIpc) is 2.77. The molecule has 0 aliphatic rings. The Kier molecular flexibility index (Phi) is 12.5. The molecule has 3 amide bonds. The van der Waals surface area contributed by atoms with E-state index in [-0.39, 0.29) is 17.7 Å². The zero-order chi connectivity index (χ0) is 26.6. The van der Waals surface area contributed by atoms with E-state index >= 15 is 0 Å². The Morgan fingerprint density at radius 1 is 1.14 bits per heavy atom. The number of carbonyl (C=O) groups is 3. The van der Waals surface area contributed by atoms with Crippen LogP contribution < -0.4 is 10.6 Å². The maximum absolute atomic E-state index is 13.8. The largest absolute Gasteiger partial charge is 0.444 e. The van der Waals surface area contributed by atoms with Crippen molar-refractivity contribution >= 4 is 24.0 Å². The second-order valence-electron chi connectivity index (χ2n) is 10.2. The van der Waals surface area contributed by atoms with Crippen molar-refractivity contribution in [2.45, 2.75) is 91.8 Å². The maximum Gasteiger partial charge on any atom is 0.408 e. The predicted octanol–water partition coefficient (Wildman–Crippen LogP) is 5.47. The van der Waals surface area contributed by atoms with Crippen LogP contribution in [0, 0.1) is 5.92 Å². The average molecular weight is 488 g/mol. The van der Waals surface area contributed by atoms with E-state index in [1.807, 2.05) is 45.0 Å². The second-order valence-corrected chi connectivity index (χ2v) is 10.2. The van der Waals surface area contributed by atoms with Gasteiger partial charge in [0.1, 0.15) is 17.7 Å². The molecule has 0 spiro atoms. The molecule has 0 radical (unpaired) electrons. The molecule has 2 N–H and O–H groups in total. The fraction of sp³-hybridized carbons (Fsp3) is 0.607. The first kappa shape index (κ1) is 30.2. The van der Waals surface area contributed by atoms with Gasteiger partial charge < -0.3 is 20.3 Å². The predicted molar refractivity (Wildman–Crippen MR) is 142 cm³/mol. The van der Waals surface area contributed by atoms with Gasteiger partial charge in [-0.15, -0.1) is 0 Å². The summed E-state index contributed by atoms with van der Waals surface area (Å²) >= 11 is 0. The highest BCUT2D eigenvalue weighted by Gasteiger charge is 2.35. The van der Waals surface area contributed by atoms with Gasteiger partial charge in [0.05, 0.1) is 0 Å². The molecule has 0 aliphatic carbocycles. The van der Waals surface area contributed by atoms with Crippen molar-refractivity contribution in [3.8, 4) is 0 Å². The fourth-order valence-corrected chi connectivity index (χ4v) is 3.82. The Balaban J connectivity index is 3.32. The number of nitrogens with one attached hydrogen (secondary N) is 2. The third-order valence-corrected chi connectivity index (χ3v) is 5.42. The molecule has 0 heterocycles. The molecule has 1 aromatic carbocycles. The van der Waals surface area contributed by atoms with Crippen molar-refractivity contribution in [1.82, 2.24) is 15.5 Å². The number of hydrogen-bond acceptors (Lipinski definition) is 4. The minimum Gasteiger partial charge on any atom is -0.444 e. The van der Waals surface area contributed by atoms with Gasteiger partial charge >= 0.3 is 6.09 Å². The number of nitrogens with zero attached hydrogens (tertiary/aromatic N) is 1. The molecule has 7 nitrogen and oxygen atoms in total. The van der Waals surface area contributed by atoms with Gasteiger partial charge in [0.15, 0.2) is 0 Å². The van der Waals surface area contributed by atoms with Crippen LogP contribution in [0.3, 0.4) is 0 Å². The van der Waals surface area contributed by atoms with Crippen LogP contribution in [0.4, 0.5) is 4.79 Å². The fourth-order valence-electron chi connectivity index (χ4n) is 3.82. The van der Waals surface area contributed by atoms with Gasteiger partial charge in [-0.2, -0.15) is 0 Å². The molecule has 1 rings (SSSR count). The maximum atomic E-state index is 13.8. The van der Waals surface area contributed by atoms with Crippen molar-refractivity contribution < 1.29 is 19.1 Å². The molecule has 0 aliphatic heterocycles. The molecule has 1 aromatic rings. The summed E-state index contributed by atoms with van der Waals surface area (Å²) in [7, 11) is 0. The summed E-state index contributed by atoms with van der Waals surface area (Å²) in [4.78, 5) is 41.3. The van der Waals surface area contributed by atoms with Crippen LogP contribution >= 0.6 is 0 Å². The van der Waals surface area contributed by atoms with E-state index in [9.17, 15) is 14.4 Å². The lowest BCUT2D eigenvalue weighted by Crippen LogP contribution is -2.53. The number of hydrogen-bond donors (Lipinski definition) is 2. The molecule has 0 fully saturated rings. The molecule has 0 saturated heterocycles. The Bertz CT molecular complexity index is 845. The molecule has 0 bridgehead atoms. The SMILES string of the molecule is C=Cc1cccc(C(C(=O)NCCCCC)N(CC)C(=O)C(CC(C)C)NC(=O)OC(C)(C)C)c1. The number of likely N-dealkylation sites (N-methyl/N-ethyl adjacent to an activating group) is 1. The third-order valence-electron chi connectivity index (χ3n) is 5.42. The normalized spacial score (nSPS) is 13.0. The van der Waals surface area contributed by atoms with Gasteiger partial charge in [-0.25, -0.2) is 4.79 Å².